The summed E-state index contributed by atoms with van der Waals surface area (Å²) in [7, 11) is 8.22. The molecular formula is C7H18N2OTi. The van der Waals surface area contributed by atoms with Crippen LogP contribution in [0.3, 0.4) is 0 Å². The van der Waals surface area contributed by atoms with E-state index in [-0.39, 0.29) is 19.8 Å². The molecule has 11 heavy (non-hydrogen) atoms. The van der Waals surface area contributed by atoms with Crippen molar-refractivity contribution >= 4 is 0 Å². The molecule has 0 spiro atoms. The Morgan fingerprint density at radius 3 is 2.09 bits per heavy atom. The number of hydrogen-bond donors (Lipinski definition) is 0. The third-order valence-corrected chi connectivity index (χ3v) is 2.46. The summed E-state index contributed by atoms with van der Waals surface area (Å²) in [5.74, 6) is 0. The maximum absolute atomic E-state index is 5.69. The topological polar surface area (TPSA) is 15.7 Å². The Morgan fingerprint density at radius 2 is 1.82 bits per heavy atom. The molecule has 0 radical (unpaired) electrons. The van der Waals surface area contributed by atoms with Crippen molar-refractivity contribution in [2.45, 2.75) is 19.6 Å². The van der Waals surface area contributed by atoms with Crippen LogP contribution in [0.25, 0.3) is 0 Å². The van der Waals surface area contributed by atoms with Gasteiger partial charge in [-0.2, -0.15) is 0 Å². The van der Waals surface area contributed by atoms with E-state index in [9.17, 15) is 0 Å². The van der Waals surface area contributed by atoms with Gasteiger partial charge in [0, 0.05) is 0 Å². The first-order chi connectivity index (χ1) is 5.07. The van der Waals surface area contributed by atoms with Crippen LogP contribution in [0.4, 0.5) is 0 Å². The fraction of sp³-hybridized carbons (Fsp3) is 1.00. The van der Waals surface area contributed by atoms with Gasteiger partial charge in [0.05, 0.1) is 0 Å². The molecule has 0 aromatic carbocycles. The summed E-state index contributed by atoms with van der Waals surface area (Å²) in [6.45, 7) is 2.15. The molecule has 0 aliphatic heterocycles. The molecule has 0 rings (SSSR count). The van der Waals surface area contributed by atoms with Crippen molar-refractivity contribution in [2.24, 2.45) is 0 Å². The summed E-state index contributed by atoms with van der Waals surface area (Å²) in [5, 5.41) is 0. The first kappa shape index (κ1) is 11.6. The van der Waals surface area contributed by atoms with Crippen molar-refractivity contribution in [1.82, 2.24) is 8.28 Å². The quantitative estimate of drug-likeness (QED) is 0.475. The minimum atomic E-state index is -0.348. The predicted octanol–water partition coefficient (Wildman–Crippen LogP) is 0.775. The molecule has 0 saturated carbocycles. The Morgan fingerprint density at radius 1 is 1.27 bits per heavy atom. The van der Waals surface area contributed by atoms with Gasteiger partial charge in [0.1, 0.15) is 0 Å². The van der Waals surface area contributed by atoms with Crippen molar-refractivity contribution in [3.05, 3.63) is 0 Å². The van der Waals surface area contributed by atoms with Crippen LogP contribution in [0.2, 0.25) is 0 Å². The number of hydrogen-bond acceptors (Lipinski definition) is 3. The van der Waals surface area contributed by atoms with Gasteiger partial charge in [-0.1, -0.05) is 0 Å². The van der Waals surface area contributed by atoms with Gasteiger partial charge in [0.25, 0.3) is 0 Å². The predicted molar refractivity (Wildman–Crippen MR) is 42.5 cm³/mol. The van der Waals surface area contributed by atoms with Gasteiger partial charge >= 0.3 is 79.2 Å². The average molecular weight is 194 g/mol. The zero-order valence-corrected chi connectivity index (χ0v) is 9.65. The van der Waals surface area contributed by atoms with Crippen LogP contribution in [0.5, 0.6) is 0 Å². The SMILES string of the molecule is CCC([O][Ti][N](C)C)N(C)C. The van der Waals surface area contributed by atoms with Crippen LogP contribution in [-0.4, -0.2) is 42.7 Å². The standard InChI is InChI=1S/C5H12NO.C2H6N.Ti/c1-4-5(7)6(2)3;1-3-2;/h5H,4H2,1-3H3;1-2H3;/q2*-1;+2. The summed E-state index contributed by atoms with van der Waals surface area (Å²) in [6.07, 6.45) is 1.36. The molecule has 0 bridgehead atoms. The summed E-state index contributed by atoms with van der Waals surface area (Å²) in [5.41, 5.74) is 0. The molecule has 0 aliphatic carbocycles. The zero-order chi connectivity index (χ0) is 8.85. The van der Waals surface area contributed by atoms with E-state index in [1.807, 2.05) is 0 Å². The Balaban J connectivity index is 3.52. The van der Waals surface area contributed by atoms with Crippen LogP contribution in [-0.2, 0) is 23.1 Å². The Bertz CT molecular complexity index is 98.4. The van der Waals surface area contributed by atoms with Crippen molar-refractivity contribution in [2.75, 3.05) is 28.2 Å². The van der Waals surface area contributed by atoms with Gasteiger partial charge in [-0.25, -0.2) is 0 Å². The molecule has 0 fully saturated rings. The van der Waals surface area contributed by atoms with Gasteiger partial charge in [-0.3, -0.25) is 0 Å². The van der Waals surface area contributed by atoms with Crippen LogP contribution in [0, 0.1) is 0 Å². The van der Waals surface area contributed by atoms with Crippen molar-refractivity contribution in [3.63, 3.8) is 0 Å². The number of rotatable bonds is 5. The Labute approximate surface area is 79.4 Å². The second kappa shape index (κ2) is 6.15. The molecule has 0 aliphatic rings. The van der Waals surface area contributed by atoms with Gasteiger partial charge in [-0.05, 0) is 0 Å². The Hall–Kier alpha value is 0.594. The van der Waals surface area contributed by atoms with Gasteiger partial charge in [-0.15, -0.1) is 0 Å². The van der Waals surface area contributed by atoms with Crippen molar-refractivity contribution in [3.8, 4) is 0 Å². The molecule has 1 atom stereocenters. The molecule has 66 valence electrons. The van der Waals surface area contributed by atoms with Gasteiger partial charge < -0.3 is 0 Å². The second-order valence-corrected chi connectivity index (χ2v) is 4.98. The van der Waals surface area contributed by atoms with Crippen LogP contribution < -0.4 is 0 Å². The monoisotopic (exact) mass is 194 g/mol. The Kier molecular flexibility index (Phi) is 6.48. The summed E-state index contributed by atoms with van der Waals surface area (Å²) in [4.78, 5) is 2.12. The molecule has 0 heterocycles. The van der Waals surface area contributed by atoms with Crippen molar-refractivity contribution in [1.29, 1.82) is 0 Å². The first-order valence-electron chi connectivity index (χ1n) is 3.83. The van der Waals surface area contributed by atoms with E-state index in [2.05, 4.69) is 43.4 Å². The van der Waals surface area contributed by atoms with E-state index in [1.54, 1.807) is 0 Å². The van der Waals surface area contributed by atoms with Gasteiger partial charge in [0.15, 0.2) is 0 Å². The van der Waals surface area contributed by atoms with E-state index in [4.69, 9.17) is 3.32 Å². The van der Waals surface area contributed by atoms with E-state index in [0.29, 0.717) is 6.23 Å². The van der Waals surface area contributed by atoms with E-state index in [0.717, 1.165) is 6.42 Å². The molecule has 4 heteroatoms. The van der Waals surface area contributed by atoms with Crippen LogP contribution >= 0.6 is 0 Å². The molecule has 3 nitrogen and oxygen atoms in total. The molecule has 0 aromatic heterocycles. The maximum atomic E-state index is 5.69. The van der Waals surface area contributed by atoms with E-state index >= 15 is 0 Å². The summed E-state index contributed by atoms with van der Waals surface area (Å²) in [6, 6.07) is 0. The third kappa shape index (κ3) is 5.82. The average Bonchev–Trinajstić information content (AvgIpc) is 1.87. The third-order valence-electron chi connectivity index (χ3n) is 1.30. The summed E-state index contributed by atoms with van der Waals surface area (Å²) < 4.78 is 7.84. The molecule has 0 saturated heterocycles. The second-order valence-electron chi connectivity index (χ2n) is 2.93. The fourth-order valence-electron chi connectivity index (χ4n) is 0.720. The van der Waals surface area contributed by atoms with Crippen LogP contribution in [0.1, 0.15) is 13.3 Å². The van der Waals surface area contributed by atoms with E-state index in [1.165, 1.54) is 0 Å². The molecule has 0 amide bonds. The normalized spacial score (nSPS) is 14.1. The van der Waals surface area contributed by atoms with Gasteiger partial charge in [0.2, 0.25) is 0 Å². The number of nitrogens with zero attached hydrogens (tertiary/aromatic N) is 2. The van der Waals surface area contributed by atoms with Crippen LogP contribution in [0.15, 0.2) is 0 Å². The summed E-state index contributed by atoms with van der Waals surface area (Å²) >= 11 is -0.348. The minimum absolute atomic E-state index is 0.303. The fourth-order valence-corrected chi connectivity index (χ4v) is 1.83. The van der Waals surface area contributed by atoms with E-state index < -0.39 is 0 Å². The molecule has 0 aromatic rings. The first-order valence-corrected chi connectivity index (χ1v) is 5.16. The van der Waals surface area contributed by atoms with Crippen molar-refractivity contribution < 1.29 is 23.1 Å². The zero-order valence-electron chi connectivity index (χ0n) is 8.09. The molecule has 1 unspecified atom stereocenters. The molecule has 0 N–H and O–H groups in total. The molecular weight excluding hydrogens is 176 g/mol.